The smallest absolute Gasteiger partial charge is 0.306 e. The maximum absolute atomic E-state index is 12.5. The molecule has 2 rings (SSSR count). The zero-order valence-corrected chi connectivity index (χ0v) is 14.9. The predicted molar refractivity (Wildman–Crippen MR) is 94.8 cm³/mol. The summed E-state index contributed by atoms with van der Waals surface area (Å²) in [5.41, 5.74) is 1.24. The van der Waals surface area contributed by atoms with Crippen molar-refractivity contribution in [1.29, 1.82) is 0 Å². The van der Waals surface area contributed by atoms with E-state index in [1.54, 1.807) is 0 Å². The Hall–Kier alpha value is -1.84. The lowest BCUT2D eigenvalue weighted by molar-refractivity contribution is -0.144. The Labute approximate surface area is 144 Å². The quantitative estimate of drug-likeness (QED) is 0.834. The maximum Gasteiger partial charge on any atom is 0.306 e. The Kier molecular flexibility index (Phi) is 6.03. The van der Waals surface area contributed by atoms with Crippen LogP contribution in [0.3, 0.4) is 0 Å². The van der Waals surface area contributed by atoms with Gasteiger partial charge in [0.25, 0.3) is 0 Å². The summed E-state index contributed by atoms with van der Waals surface area (Å²) in [4.78, 5) is 23.7. The minimum absolute atomic E-state index is 0.0114. The number of hydrogen-bond donors (Lipinski definition) is 2. The Morgan fingerprint density at radius 1 is 1.21 bits per heavy atom. The van der Waals surface area contributed by atoms with E-state index in [9.17, 15) is 9.59 Å². The fraction of sp³-hybridized carbons (Fsp3) is 0.600. The van der Waals surface area contributed by atoms with E-state index < -0.39 is 5.97 Å². The standard InChI is InChI=1S/C20H29NO3/c1-14(13-20(2,3)17-10-5-4-6-11-17)21-18(22)15-8-7-9-16(12-15)19(23)24/h4-6,10-11,14-16H,7-9,12-13H2,1-3H3,(H,21,22)(H,23,24). The third-order valence-corrected chi connectivity index (χ3v) is 5.15. The SMILES string of the molecule is CC(CC(C)(C)c1ccccc1)NC(=O)C1CCCC(C(=O)O)C1. The molecule has 0 heterocycles. The van der Waals surface area contributed by atoms with Gasteiger partial charge in [0.1, 0.15) is 0 Å². The average Bonchev–Trinajstić information content (AvgIpc) is 2.55. The zero-order chi connectivity index (χ0) is 17.7. The second-order valence-corrected chi connectivity index (χ2v) is 7.76. The van der Waals surface area contributed by atoms with Gasteiger partial charge >= 0.3 is 5.97 Å². The summed E-state index contributed by atoms with van der Waals surface area (Å²) in [5.74, 6) is -1.30. The predicted octanol–water partition coefficient (Wildman–Crippen LogP) is 3.75. The van der Waals surface area contributed by atoms with Crippen molar-refractivity contribution >= 4 is 11.9 Å². The van der Waals surface area contributed by atoms with Gasteiger partial charge in [0, 0.05) is 12.0 Å². The molecular weight excluding hydrogens is 302 g/mol. The van der Waals surface area contributed by atoms with Crippen LogP contribution >= 0.6 is 0 Å². The number of carboxylic acid groups (broad SMARTS) is 1. The second kappa shape index (κ2) is 7.82. The summed E-state index contributed by atoms with van der Waals surface area (Å²) in [5, 5.41) is 12.3. The number of carbonyl (C=O) groups is 2. The van der Waals surface area contributed by atoms with Crippen LogP contribution in [0.4, 0.5) is 0 Å². The molecule has 1 aliphatic rings. The van der Waals surface area contributed by atoms with Crippen molar-refractivity contribution < 1.29 is 14.7 Å². The van der Waals surface area contributed by atoms with Gasteiger partial charge in [0.15, 0.2) is 0 Å². The van der Waals surface area contributed by atoms with Crippen molar-refractivity contribution in [3.05, 3.63) is 35.9 Å². The van der Waals surface area contributed by atoms with E-state index in [4.69, 9.17) is 5.11 Å². The molecule has 2 N–H and O–H groups in total. The third-order valence-electron chi connectivity index (χ3n) is 5.15. The summed E-state index contributed by atoms with van der Waals surface area (Å²) in [7, 11) is 0. The minimum Gasteiger partial charge on any atom is -0.481 e. The van der Waals surface area contributed by atoms with Gasteiger partial charge in [0.2, 0.25) is 5.91 Å². The molecule has 4 nitrogen and oxygen atoms in total. The van der Waals surface area contributed by atoms with E-state index in [1.807, 2.05) is 25.1 Å². The first-order chi connectivity index (χ1) is 11.3. The highest BCUT2D eigenvalue weighted by Crippen LogP contribution is 2.31. The number of nitrogens with one attached hydrogen (secondary N) is 1. The largest absolute Gasteiger partial charge is 0.481 e. The van der Waals surface area contributed by atoms with Crippen LogP contribution in [0.25, 0.3) is 0 Å². The van der Waals surface area contributed by atoms with E-state index >= 15 is 0 Å². The van der Waals surface area contributed by atoms with Crippen LogP contribution in [0.2, 0.25) is 0 Å². The van der Waals surface area contributed by atoms with Gasteiger partial charge in [0.05, 0.1) is 5.92 Å². The van der Waals surface area contributed by atoms with Crippen LogP contribution < -0.4 is 5.32 Å². The van der Waals surface area contributed by atoms with E-state index in [-0.39, 0.29) is 29.2 Å². The number of amides is 1. The molecule has 1 aliphatic carbocycles. The van der Waals surface area contributed by atoms with Crippen molar-refractivity contribution in [1.82, 2.24) is 5.32 Å². The van der Waals surface area contributed by atoms with Gasteiger partial charge in [-0.25, -0.2) is 0 Å². The van der Waals surface area contributed by atoms with Crippen molar-refractivity contribution in [2.75, 3.05) is 0 Å². The number of carboxylic acids is 1. The molecule has 3 atom stereocenters. The molecule has 1 aromatic carbocycles. The lowest BCUT2D eigenvalue weighted by Crippen LogP contribution is -2.42. The molecule has 0 radical (unpaired) electrons. The molecule has 0 aromatic heterocycles. The van der Waals surface area contributed by atoms with Gasteiger partial charge in [-0.1, -0.05) is 50.6 Å². The first-order valence-corrected chi connectivity index (χ1v) is 8.88. The van der Waals surface area contributed by atoms with Crippen LogP contribution in [0.1, 0.15) is 58.4 Å². The minimum atomic E-state index is -0.772. The molecule has 1 saturated carbocycles. The highest BCUT2D eigenvalue weighted by Gasteiger charge is 2.32. The molecule has 1 fully saturated rings. The number of rotatable bonds is 6. The first kappa shape index (κ1) is 18.5. The van der Waals surface area contributed by atoms with Crippen LogP contribution in [0, 0.1) is 11.8 Å². The highest BCUT2D eigenvalue weighted by atomic mass is 16.4. The van der Waals surface area contributed by atoms with Gasteiger partial charge < -0.3 is 10.4 Å². The van der Waals surface area contributed by atoms with E-state index in [0.29, 0.717) is 12.8 Å². The van der Waals surface area contributed by atoms with E-state index in [1.165, 1.54) is 5.56 Å². The molecular formula is C20H29NO3. The highest BCUT2D eigenvalue weighted by molar-refractivity contribution is 5.80. The Morgan fingerprint density at radius 3 is 2.46 bits per heavy atom. The molecule has 0 saturated heterocycles. The van der Waals surface area contributed by atoms with Crippen molar-refractivity contribution in [3.63, 3.8) is 0 Å². The Morgan fingerprint density at radius 2 is 1.83 bits per heavy atom. The molecule has 0 aliphatic heterocycles. The Bertz CT molecular complexity index is 568. The Balaban J connectivity index is 1.90. The summed E-state index contributed by atoms with van der Waals surface area (Å²) in [6.45, 7) is 6.40. The van der Waals surface area contributed by atoms with Crippen LogP contribution in [0.15, 0.2) is 30.3 Å². The fourth-order valence-electron chi connectivity index (χ4n) is 3.84. The molecule has 0 bridgehead atoms. The fourth-order valence-corrected chi connectivity index (χ4v) is 3.84. The third kappa shape index (κ3) is 4.83. The topological polar surface area (TPSA) is 66.4 Å². The second-order valence-electron chi connectivity index (χ2n) is 7.76. The summed E-state index contributed by atoms with van der Waals surface area (Å²) in [6, 6.07) is 10.4. The lowest BCUT2D eigenvalue weighted by Gasteiger charge is -2.31. The van der Waals surface area contributed by atoms with Crippen LogP contribution in [0.5, 0.6) is 0 Å². The van der Waals surface area contributed by atoms with Crippen LogP contribution in [-0.4, -0.2) is 23.0 Å². The van der Waals surface area contributed by atoms with Crippen molar-refractivity contribution in [2.45, 2.75) is 64.3 Å². The van der Waals surface area contributed by atoms with Crippen molar-refractivity contribution in [2.24, 2.45) is 11.8 Å². The maximum atomic E-state index is 12.5. The molecule has 4 heteroatoms. The first-order valence-electron chi connectivity index (χ1n) is 8.88. The monoisotopic (exact) mass is 331 g/mol. The van der Waals surface area contributed by atoms with Gasteiger partial charge in [-0.05, 0) is 43.6 Å². The molecule has 1 aromatic rings. The molecule has 3 unspecified atom stereocenters. The summed E-state index contributed by atoms with van der Waals surface area (Å²) < 4.78 is 0. The molecule has 0 spiro atoms. The van der Waals surface area contributed by atoms with Gasteiger partial charge in [-0.3, -0.25) is 9.59 Å². The lowest BCUT2D eigenvalue weighted by atomic mass is 9.78. The number of carbonyl (C=O) groups excluding carboxylic acids is 1. The van der Waals surface area contributed by atoms with Gasteiger partial charge in [-0.15, -0.1) is 0 Å². The molecule has 132 valence electrons. The summed E-state index contributed by atoms with van der Waals surface area (Å²) in [6.07, 6.45) is 3.62. The number of aliphatic carboxylic acids is 1. The normalized spacial score (nSPS) is 22.6. The number of benzene rings is 1. The van der Waals surface area contributed by atoms with E-state index in [0.717, 1.165) is 19.3 Å². The molecule has 24 heavy (non-hydrogen) atoms. The summed E-state index contributed by atoms with van der Waals surface area (Å²) >= 11 is 0. The molecule has 1 amide bonds. The number of hydrogen-bond acceptors (Lipinski definition) is 2. The van der Waals surface area contributed by atoms with Crippen LogP contribution in [-0.2, 0) is 15.0 Å². The van der Waals surface area contributed by atoms with Crippen molar-refractivity contribution in [3.8, 4) is 0 Å². The van der Waals surface area contributed by atoms with Gasteiger partial charge in [-0.2, -0.15) is 0 Å². The van der Waals surface area contributed by atoms with E-state index in [2.05, 4.69) is 31.3 Å². The zero-order valence-electron chi connectivity index (χ0n) is 14.9. The average molecular weight is 331 g/mol.